The van der Waals surface area contributed by atoms with Crippen LogP contribution in [0.1, 0.15) is 40.0 Å². The Morgan fingerprint density at radius 3 is 2.27 bits per heavy atom. The largest absolute Gasteiger partial charge is 0.325 e. The highest BCUT2D eigenvalue weighted by molar-refractivity contribution is 5.13. The zero-order valence-electron chi connectivity index (χ0n) is 7.85. The number of fused-ring (bicyclic) bond motifs is 2. The van der Waals surface area contributed by atoms with Crippen molar-refractivity contribution in [3.63, 3.8) is 0 Å². The molecule has 0 heterocycles. The van der Waals surface area contributed by atoms with Crippen molar-refractivity contribution in [2.45, 2.75) is 45.6 Å². The van der Waals surface area contributed by atoms with Crippen LogP contribution >= 0.6 is 0 Å². The monoisotopic (exact) mass is 153 g/mol. The fraction of sp³-hybridized carbons (Fsp3) is 1.00. The average molecular weight is 153 g/mol. The van der Waals surface area contributed by atoms with E-state index in [1.807, 2.05) is 0 Å². The molecule has 1 heteroatoms. The van der Waals surface area contributed by atoms with Crippen LogP contribution in [0, 0.1) is 17.3 Å². The number of hydrogen-bond donors (Lipinski definition) is 1. The Bertz CT molecular complexity index is 183. The molecule has 3 atom stereocenters. The minimum absolute atomic E-state index is 0.178. The van der Waals surface area contributed by atoms with Gasteiger partial charge in [0.15, 0.2) is 0 Å². The van der Waals surface area contributed by atoms with Gasteiger partial charge in [0.05, 0.1) is 0 Å². The standard InChI is InChI=1S/C10H19N/c1-7-8-4-5-10(11,6-8)9(7,2)3/h7-8H,4-6,11H2,1-3H3/t7-,8-,10-/m0/s1. The quantitative estimate of drug-likeness (QED) is 0.567. The van der Waals surface area contributed by atoms with Gasteiger partial charge in [0.1, 0.15) is 0 Å². The van der Waals surface area contributed by atoms with Crippen LogP contribution in [0.15, 0.2) is 0 Å². The van der Waals surface area contributed by atoms with Gasteiger partial charge in [0, 0.05) is 5.54 Å². The summed E-state index contributed by atoms with van der Waals surface area (Å²) >= 11 is 0. The Balaban J connectivity index is 2.36. The predicted octanol–water partition coefficient (Wildman–Crippen LogP) is 2.16. The first kappa shape index (κ1) is 7.60. The van der Waals surface area contributed by atoms with Crippen molar-refractivity contribution in [3.8, 4) is 0 Å². The molecule has 0 amide bonds. The van der Waals surface area contributed by atoms with E-state index in [-0.39, 0.29) is 5.54 Å². The zero-order valence-corrected chi connectivity index (χ0v) is 7.85. The third-order valence-corrected chi connectivity index (χ3v) is 4.72. The molecule has 0 radical (unpaired) electrons. The highest BCUT2D eigenvalue weighted by atomic mass is 14.9. The lowest BCUT2D eigenvalue weighted by Gasteiger charge is -2.43. The summed E-state index contributed by atoms with van der Waals surface area (Å²) < 4.78 is 0. The highest BCUT2D eigenvalue weighted by Gasteiger charge is 2.58. The summed E-state index contributed by atoms with van der Waals surface area (Å²) in [5, 5.41) is 0. The van der Waals surface area contributed by atoms with Gasteiger partial charge in [-0.3, -0.25) is 0 Å². The van der Waals surface area contributed by atoms with Crippen molar-refractivity contribution >= 4 is 0 Å². The van der Waals surface area contributed by atoms with E-state index in [0.717, 1.165) is 11.8 Å². The Morgan fingerprint density at radius 1 is 1.36 bits per heavy atom. The highest BCUT2D eigenvalue weighted by Crippen LogP contribution is 2.60. The van der Waals surface area contributed by atoms with Gasteiger partial charge in [-0.25, -0.2) is 0 Å². The van der Waals surface area contributed by atoms with Gasteiger partial charge in [-0.05, 0) is 36.5 Å². The second kappa shape index (κ2) is 1.82. The fourth-order valence-electron chi connectivity index (χ4n) is 3.17. The Morgan fingerprint density at radius 2 is 2.00 bits per heavy atom. The van der Waals surface area contributed by atoms with E-state index in [1.54, 1.807) is 0 Å². The second-order valence-corrected chi connectivity index (χ2v) is 5.17. The molecule has 64 valence electrons. The molecule has 2 bridgehead atoms. The lowest BCUT2D eigenvalue weighted by Crippen LogP contribution is -2.50. The first-order valence-electron chi connectivity index (χ1n) is 4.76. The van der Waals surface area contributed by atoms with Gasteiger partial charge in [0.25, 0.3) is 0 Å². The van der Waals surface area contributed by atoms with E-state index in [4.69, 9.17) is 5.73 Å². The maximum Gasteiger partial charge on any atom is 0.0211 e. The van der Waals surface area contributed by atoms with Gasteiger partial charge in [-0.2, -0.15) is 0 Å². The van der Waals surface area contributed by atoms with E-state index in [1.165, 1.54) is 19.3 Å². The van der Waals surface area contributed by atoms with Gasteiger partial charge >= 0.3 is 0 Å². The third-order valence-electron chi connectivity index (χ3n) is 4.72. The van der Waals surface area contributed by atoms with E-state index >= 15 is 0 Å². The summed E-state index contributed by atoms with van der Waals surface area (Å²) in [7, 11) is 0. The summed E-state index contributed by atoms with van der Waals surface area (Å²) in [6.45, 7) is 7.06. The second-order valence-electron chi connectivity index (χ2n) is 5.17. The molecule has 2 saturated carbocycles. The molecule has 2 N–H and O–H groups in total. The minimum Gasteiger partial charge on any atom is -0.325 e. The summed E-state index contributed by atoms with van der Waals surface area (Å²) in [4.78, 5) is 0. The van der Waals surface area contributed by atoms with E-state index in [2.05, 4.69) is 20.8 Å². The van der Waals surface area contributed by atoms with Crippen LogP contribution in [0.2, 0.25) is 0 Å². The van der Waals surface area contributed by atoms with E-state index in [0.29, 0.717) is 5.41 Å². The van der Waals surface area contributed by atoms with Crippen molar-refractivity contribution in [2.24, 2.45) is 23.0 Å². The predicted molar refractivity (Wildman–Crippen MR) is 47.2 cm³/mol. The lowest BCUT2D eigenvalue weighted by atomic mass is 9.66. The molecular formula is C10H19N. The molecule has 0 aromatic heterocycles. The van der Waals surface area contributed by atoms with Crippen molar-refractivity contribution in [1.82, 2.24) is 0 Å². The number of hydrogen-bond acceptors (Lipinski definition) is 1. The number of nitrogens with two attached hydrogens (primary N) is 1. The topological polar surface area (TPSA) is 26.0 Å². The fourth-order valence-corrected chi connectivity index (χ4v) is 3.17. The molecule has 0 saturated heterocycles. The molecule has 1 nitrogen and oxygen atoms in total. The molecule has 2 rings (SSSR count). The van der Waals surface area contributed by atoms with Crippen LogP contribution in [0.5, 0.6) is 0 Å². The summed E-state index contributed by atoms with van der Waals surface area (Å²) in [6, 6.07) is 0. The smallest absolute Gasteiger partial charge is 0.0211 e. The maximum absolute atomic E-state index is 6.37. The summed E-state index contributed by atoms with van der Waals surface area (Å²) in [6.07, 6.45) is 3.91. The van der Waals surface area contributed by atoms with Crippen molar-refractivity contribution in [2.75, 3.05) is 0 Å². The summed E-state index contributed by atoms with van der Waals surface area (Å²) in [5.41, 5.74) is 6.93. The van der Waals surface area contributed by atoms with E-state index < -0.39 is 0 Å². The van der Waals surface area contributed by atoms with Crippen molar-refractivity contribution in [3.05, 3.63) is 0 Å². The van der Waals surface area contributed by atoms with Gasteiger partial charge in [0.2, 0.25) is 0 Å². The molecule has 0 aromatic rings. The third kappa shape index (κ3) is 0.703. The molecule has 0 aliphatic heterocycles. The molecule has 0 unspecified atom stereocenters. The first-order valence-corrected chi connectivity index (χ1v) is 4.76. The van der Waals surface area contributed by atoms with Gasteiger partial charge in [-0.1, -0.05) is 20.8 Å². The molecule has 11 heavy (non-hydrogen) atoms. The van der Waals surface area contributed by atoms with Crippen LogP contribution in [-0.2, 0) is 0 Å². The Hall–Kier alpha value is -0.0400. The van der Waals surface area contributed by atoms with Crippen molar-refractivity contribution < 1.29 is 0 Å². The molecule has 2 fully saturated rings. The Kier molecular flexibility index (Phi) is 1.26. The van der Waals surface area contributed by atoms with Crippen LogP contribution in [0.3, 0.4) is 0 Å². The van der Waals surface area contributed by atoms with Gasteiger partial charge in [-0.15, -0.1) is 0 Å². The Labute approximate surface area is 69.4 Å². The normalized spacial score (nSPS) is 53.5. The molecular weight excluding hydrogens is 134 g/mol. The zero-order chi connectivity index (χ0) is 8.28. The SMILES string of the molecule is C[C@H]1[C@H]2CC[C@](N)(C2)C1(C)C. The van der Waals surface area contributed by atoms with Crippen molar-refractivity contribution in [1.29, 1.82) is 0 Å². The lowest BCUT2D eigenvalue weighted by molar-refractivity contribution is 0.111. The molecule has 2 aliphatic rings. The number of rotatable bonds is 0. The molecule has 0 aromatic carbocycles. The van der Waals surface area contributed by atoms with Crippen LogP contribution in [0.4, 0.5) is 0 Å². The maximum atomic E-state index is 6.37. The molecule has 0 spiro atoms. The summed E-state index contributed by atoms with van der Waals surface area (Å²) in [5.74, 6) is 1.76. The van der Waals surface area contributed by atoms with Crippen LogP contribution in [-0.4, -0.2) is 5.54 Å². The average Bonchev–Trinajstić information content (AvgIpc) is 2.36. The molecule has 2 aliphatic carbocycles. The van der Waals surface area contributed by atoms with Gasteiger partial charge < -0.3 is 5.73 Å². The van der Waals surface area contributed by atoms with E-state index in [9.17, 15) is 0 Å². The van der Waals surface area contributed by atoms with Crippen LogP contribution < -0.4 is 5.73 Å². The van der Waals surface area contributed by atoms with Crippen LogP contribution in [0.25, 0.3) is 0 Å². The first-order chi connectivity index (χ1) is 4.97. The minimum atomic E-state index is 0.178.